The Hall–Kier alpha value is -2.04. The Balaban J connectivity index is 1.51. The molecule has 130 valence electrons. The van der Waals surface area contributed by atoms with Gasteiger partial charge in [0.1, 0.15) is 0 Å². The van der Waals surface area contributed by atoms with Gasteiger partial charge >= 0.3 is 0 Å². The van der Waals surface area contributed by atoms with Gasteiger partial charge in [0.2, 0.25) is 5.91 Å². The SMILES string of the molecule is CN(C)c1cccc(C(=O)NC2CCN(C(=O)C3CCC3)CC2)c1. The van der Waals surface area contributed by atoms with E-state index in [4.69, 9.17) is 0 Å². The molecule has 1 heterocycles. The number of amides is 2. The summed E-state index contributed by atoms with van der Waals surface area (Å²) in [6.45, 7) is 1.52. The highest BCUT2D eigenvalue weighted by atomic mass is 16.2. The van der Waals surface area contributed by atoms with Gasteiger partial charge in [0.05, 0.1) is 0 Å². The lowest BCUT2D eigenvalue weighted by molar-refractivity contribution is -0.139. The molecule has 2 amide bonds. The second kappa shape index (κ2) is 7.24. The maximum Gasteiger partial charge on any atom is 0.251 e. The number of nitrogens with one attached hydrogen (secondary N) is 1. The number of benzene rings is 1. The van der Waals surface area contributed by atoms with E-state index in [-0.39, 0.29) is 17.9 Å². The van der Waals surface area contributed by atoms with Crippen molar-refractivity contribution in [3.63, 3.8) is 0 Å². The van der Waals surface area contributed by atoms with Crippen molar-refractivity contribution < 1.29 is 9.59 Å². The second-order valence-electron chi connectivity index (χ2n) is 7.15. The summed E-state index contributed by atoms with van der Waals surface area (Å²) in [5.41, 5.74) is 1.71. The van der Waals surface area contributed by atoms with Crippen molar-refractivity contribution in [1.82, 2.24) is 10.2 Å². The molecule has 2 fully saturated rings. The largest absolute Gasteiger partial charge is 0.378 e. The lowest BCUT2D eigenvalue weighted by Gasteiger charge is -2.36. The molecule has 1 aromatic rings. The van der Waals surface area contributed by atoms with Gasteiger partial charge < -0.3 is 15.1 Å². The van der Waals surface area contributed by atoms with E-state index in [9.17, 15) is 9.59 Å². The number of nitrogens with zero attached hydrogens (tertiary/aromatic N) is 2. The molecule has 0 spiro atoms. The van der Waals surface area contributed by atoms with E-state index < -0.39 is 0 Å². The average molecular weight is 329 g/mol. The van der Waals surface area contributed by atoms with Crippen LogP contribution in [-0.2, 0) is 4.79 Å². The first-order valence-electron chi connectivity index (χ1n) is 8.91. The maximum atomic E-state index is 12.5. The minimum atomic E-state index is -0.0255. The van der Waals surface area contributed by atoms with E-state index in [2.05, 4.69) is 5.32 Å². The molecule has 2 aliphatic rings. The van der Waals surface area contributed by atoms with Gasteiger partial charge in [-0.05, 0) is 43.9 Å². The summed E-state index contributed by atoms with van der Waals surface area (Å²) in [5, 5.41) is 3.12. The zero-order valence-electron chi connectivity index (χ0n) is 14.6. The van der Waals surface area contributed by atoms with E-state index in [0.717, 1.165) is 44.5 Å². The number of carbonyl (C=O) groups is 2. The van der Waals surface area contributed by atoms with Gasteiger partial charge in [0.15, 0.2) is 0 Å². The van der Waals surface area contributed by atoms with Crippen LogP contribution in [0.5, 0.6) is 0 Å². The molecule has 1 saturated carbocycles. The minimum absolute atomic E-state index is 0.0255. The highest BCUT2D eigenvalue weighted by molar-refractivity contribution is 5.95. The van der Waals surface area contributed by atoms with Crippen molar-refractivity contribution in [3.8, 4) is 0 Å². The Kier molecular flexibility index (Phi) is 5.07. The molecule has 1 N–H and O–H groups in total. The van der Waals surface area contributed by atoms with Crippen molar-refractivity contribution in [1.29, 1.82) is 0 Å². The molecule has 5 heteroatoms. The number of anilines is 1. The molecule has 3 rings (SSSR count). The topological polar surface area (TPSA) is 52.7 Å². The monoisotopic (exact) mass is 329 g/mol. The van der Waals surface area contributed by atoms with Gasteiger partial charge in [-0.3, -0.25) is 9.59 Å². The predicted octanol–water partition coefficient (Wildman–Crippen LogP) is 2.27. The number of hydrogen-bond acceptors (Lipinski definition) is 3. The zero-order valence-corrected chi connectivity index (χ0v) is 14.6. The smallest absolute Gasteiger partial charge is 0.251 e. The molecule has 0 bridgehead atoms. The fourth-order valence-corrected chi connectivity index (χ4v) is 3.35. The molecular weight excluding hydrogens is 302 g/mol. The average Bonchev–Trinajstić information content (AvgIpc) is 2.54. The van der Waals surface area contributed by atoms with Crippen LogP contribution in [0.4, 0.5) is 5.69 Å². The van der Waals surface area contributed by atoms with Crippen LogP contribution in [0.25, 0.3) is 0 Å². The summed E-state index contributed by atoms with van der Waals surface area (Å²) < 4.78 is 0. The molecule has 5 nitrogen and oxygen atoms in total. The Morgan fingerprint density at radius 1 is 1.12 bits per heavy atom. The Morgan fingerprint density at radius 2 is 1.83 bits per heavy atom. The highest BCUT2D eigenvalue weighted by Gasteiger charge is 2.31. The quantitative estimate of drug-likeness (QED) is 0.922. The number of likely N-dealkylation sites (tertiary alicyclic amines) is 1. The van der Waals surface area contributed by atoms with Gasteiger partial charge in [-0.25, -0.2) is 0 Å². The molecule has 1 aromatic carbocycles. The van der Waals surface area contributed by atoms with Crippen molar-refractivity contribution in [2.75, 3.05) is 32.1 Å². The zero-order chi connectivity index (χ0) is 17.1. The van der Waals surface area contributed by atoms with Crippen LogP contribution in [0.1, 0.15) is 42.5 Å². The Bertz CT molecular complexity index is 602. The van der Waals surface area contributed by atoms with Crippen LogP contribution >= 0.6 is 0 Å². The van der Waals surface area contributed by atoms with E-state index in [1.54, 1.807) is 0 Å². The molecule has 0 atom stereocenters. The highest BCUT2D eigenvalue weighted by Crippen LogP contribution is 2.29. The number of piperidine rings is 1. The molecule has 24 heavy (non-hydrogen) atoms. The van der Waals surface area contributed by atoms with Crippen molar-refractivity contribution in [3.05, 3.63) is 29.8 Å². The van der Waals surface area contributed by atoms with Crippen LogP contribution in [0, 0.1) is 5.92 Å². The van der Waals surface area contributed by atoms with Gasteiger partial charge in [-0.15, -0.1) is 0 Å². The summed E-state index contributed by atoms with van der Waals surface area (Å²) in [6.07, 6.45) is 4.99. The Morgan fingerprint density at radius 3 is 2.42 bits per heavy atom. The first-order valence-corrected chi connectivity index (χ1v) is 8.91. The van der Waals surface area contributed by atoms with Gasteiger partial charge in [0.25, 0.3) is 5.91 Å². The summed E-state index contributed by atoms with van der Waals surface area (Å²) in [7, 11) is 3.93. The summed E-state index contributed by atoms with van der Waals surface area (Å²) >= 11 is 0. The van der Waals surface area contributed by atoms with E-state index in [1.165, 1.54) is 6.42 Å². The van der Waals surface area contributed by atoms with Crippen molar-refractivity contribution >= 4 is 17.5 Å². The second-order valence-corrected chi connectivity index (χ2v) is 7.15. The first-order chi connectivity index (χ1) is 11.5. The molecule has 1 saturated heterocycles. The first kappa shape index (κ1) is 16.8. The van der Waals surface area contributed by atoms with Gasteiger partial charge in [0, 0.05) is 50.4 Å². The third-order valence-electron chi connectivity index (χ3n) is 5.22. The third kappa shape index (κ3) is 3.71. The number of carbonyl (C=O) groups excluding carboxylic acids is 2. The van der Waals surface area contributed by atoms with Crippen LogP contribution in [0.3, 0.4) is 0 Å². The number of rotatable bonds is 4. The summed E-state index contributed by atoms with van der Waals surface area (Å²) in [4.78, 5) is 28.7. The standard InChI is InChI=1S/C19H27N3O2/c1-21(2)17-8-4-7-15(13-17)18(23)20-16-9-11-22(12-10-16)19(24)14-5-3-6-14/h4,7-8,13-14,16H,3,5-6,9-12H2,1-2H3,(H,20,23). The Labute approximate surface area is 144 Å². The van der Waals surface area contributed by atoms with E-state index in [0.29, 0.717) is 11.5 Å². The van der Waals surface area contributed by atoms with Gasteiger partial charge in [-0.1, -0.05) is 12.5 Å². The van der Waals surface area contributed by atoms with Crippen LogP contribution in [0.2, 0.25) is 0 Å². The summed E-state index contributed by atoms with van der Waals surface area (Å²) in [5.74, 6) is 0.567. The van der Waals surface area contributed by atoms with Crippen LogP contribution < -0.4 is 10.2 Å². The fraction of sp³-hybridized carbons (Fsp3) is 0.579. The minimum Gasteiger partial charge on any atom is -0.378 e. The fourth-order valence-electron chi connectivity index (χ4n) is 3.35. The van der Waals surface area contributed by atoms with Crippen molar-refractivity contribution in [2.24, 2.45) is 5.92 Å². The maximum absolute atomic E-state index is 12.5. The van der Waals surface area contributed by atoms with Crippen LogP contribution in [-0.4, -0.2) is 49.9 Å². The summed E-state index contributed by atoms with van der Waals surface area (Å²) in [6, 6.07) is 7.80. The molecular formula is C19H27N3O2. The predicted molar refractivity (Wildman–Crippen MR) is 95.2 cm³/mol. The van der Waals surface area contributed by atoms with E-state index >= 15 is 0 Å². The molecule has 0 unspecified atom stereocenters. The normalized spacial score (nSPS) is 18.8. The lowest BCUT2D eigenvalue weighted by atomic mass is 9.84. The molecule has 0 radical (unpaired) electrons. The molecule has 1 aliphatic heterocycles. The number of hydrogen-bond donors (Lipinski definition) is 1. The van der Waals surface area contributed by atoms with Gasteiger partial charge in [-0.2, -0.15) is 0 Å². The van der Waals surface area contributed by atoms with Crippen molar-refractivity contribution in [2.45, 2.75) is 38.1 Å². The lowest BCUT2D eigenvalue weighted by Crippen LogP contribution is -2.48. The molecule has 0 aromatic heterocycles. The third-order valence-corrected chi connectivity index (χ3v) is 5.22. The van der Waals surface area contributed by atoms with Crippen LogP contribution in [0.15, 0.2) is 24.3 Å². The van der Waals surface area contributed by atoms with E-state index in [1.807, 2.05) is 48.2 Å². The molecule has 1 aliphatic carbocycles.